The molecule has 0 aliphatic rings. The molecule has 0 saturated heterocycles. The lowest BCUT2D eigenvalue weighted by Crippen LogP contribution is -2.14. The molecule has 0 bridgehead atoms. The summed E-state index contributed by atoms with van der Waals surface area (Å²) in [5, 5.41) is 0.501. The predicted molar refractivity (Wildman–Crippen MR) is 88.6 cm³/mol. The average Bonchev–Trinajstić information content (AvgIpc) is 2.61. The van der Waals surface area contributed by atoms with Gasteiger partial charge in [-0.25, -0.2) is 9.78 Å². The van der Waals surface area contributed by atoms with Crippen LogP contribution in [-0.2, 0) is 22.7 Å². The molecule has 0 unspecified atom stereocenters. The number of para-hydroxylation sites is 1. The summed E-state index contributed by atoms with van der Waals surface area (Å²) in [4.78, 5) is 30.9. The Morgan fingerprint density at radius 3 is 2.58 bits per heavy atom. The van der Waals surface area contributed by atoms with E-state index in [-0.39, 0.29) is 12.2 Å². The molecule has 0 atom stereocenters. The second-order valence-corrected chi connectivity index (χ2v) is 5.24. The number of H-pyrrole nitrogens is 1. The zero-order valence-electron chi connectivity index (χ0n) is 13.1. The molecule has 0 amide bonds. The Morgan fingerprint density at radius 2 is 1.83 bits per heavy atom. The Kier molecular flexibility index (Phi) is 4.67. The highest BCUT2D eigenvalue weighted by atomic mass is 16.5. The second kappa shape index (κ2) is 7.06. The highest BCUT2D eigenvalue weighted by Gasteiger charge is 2.09. The fourth-order valence-corrected chi connectivity index (χ4v) is 2.32. The first-order chi connectivity index (χ1) is 11.7. The number of carbonyl (C=O) groups excluding carboxylic acids is 1. The number of nitrogens with one attached hydrogen (secondary N) is 1. The van der Waals surface area contributed by atoms with E-state index in [1.165, 1.54) is 0 Å². The van der Waals surface area contributed by atoms with Gasteiger partial charge in [0.05, 0.1) is 23.1 Å². The number of methoxy groups -OCH3 is 1. The van der Waals surface area contributed by atoms with E-state index in [0.717, 1.165) is 5.56 Å². The number of hydrogen-bond acceptors (Lipinski definition) is 5. The van der Waals surface area contributed by atoms with Crippen LogP contribution in [0.1, 0.15) is 21.7 Å². The van der Waals surface area contributed by atoms with Gasteiger partial charge in [-0.1, -0.05) is 24.3 Å². The molecule has 6 nitrogen and oxygen atoms in total. The number of esters is 1. The standard InChI is InChI=1S/C18H16N2O4/c1-23-10-12-6-8-13(9-7-12)18(22)24-11-16-19-15-5-3-2-4-14(15)17(21)20-16/h2-9H,10-11H2,1H3,(H,19,20,21). The van der Waals surface area contributed by atoms with Gasteiger partial charge in [0.1, 0.15) is 12.4 Å². The van der Waals surface area contributed by atoms with E-state index in [9.17, 15) is 9.59 Å². The van der Waals surface area contributed by atoms with E-state index in [1.54, 1.807) is 55.6 Å². The Balaban J connectivity index is 1.71. The number of rotatable bonds is 5. The molecule has 0 aliphatic heterocycles. The monoisotopic (exact) mass is 324 g/mol. The summed E-state index contributed by atoms with van der Waals surface area (Å²) in [7, 11) is 1.61. The molecule has 1 heterocycles. The molecule has 122 valence electrons. The van der Waals surface area contributed by atoms with Gasteiger partial charge in [0.2, 0.25) is 0 Å². The van der Waals surface area contributed by atoms with Crippen LogP contribution in [0.2, 0.25) is 0 Å². The average molecular weight is 324 g/mol. The van der Waals surface area contributed by atoms with E-state index in [4.69, 9.17) is 9.47 Å². The Morgan fingerprint density at radius 1 is 1.08 bits per heavy atom. The first-order valence-corrected chi connectivity index (χ1v) is 7.40. The van der Waals surface area contributed by atoms with Crippen molar-refractivity contribution < 1.29 is 14.3 Å². The lowest BCUT2D eigenvalue weighted by Gasteiger charge is -2.06. The molecule has 1 N–H and O–H groups in total. The normalized spacial score (nSPS) is 10.7. The van der Waals surface area contributed by atoms with E-state index >= 15 is 0 Å². The van der Waals surface area contributed by atoms with Crippen molar-refractivity contribution >= 4 is 16.9 Å². The van der Waals surface area contributed by atoms with E-state index in [0.29, 0.717) is 28.9 Å². The fraction of sp³-hybridized carbons (Fsp3) is 0.167. The van der Waals surface area contributed by atoms with Crippen LogP contribution in [0, 0.1) is 0 Å². The molecule has 0 fully saturated rings. The third-order valence-electron chi connectivity index (χ3n) is 3.50. The molecular formula is C18H16N2O4. The van der Waals surface area contributed by atoms with Crippen LogP contribution < -0.4 is 5.56 Å². The number of nitrogens with zero attached hydrogens (tertiary/aromatic N) is 1. The third-order valence-corrected chi connectivity index (χ3v) is 3.50. The molecule has 6 heteroatoms. The number of aromatic nitrogens is 2. The molecule has 3 rings (SSSR count). The van der Waals surface area contributed by atoms with E-state index in [1.807, 2.05) is 0 Å². The largest absolute Gasteiger partial charge is 0.454 e. The topological polar surface area (TPSA) is 81.3 Å². The first-order valence-electron chi connectivity index (χ1n) is 7.40. The van der Waals surface area contributed by atoms with Crippen molar-refractivity contribution in [3.8, 4) is 0 Å². The van der Waals surface area contributed by atoms with Crippen molar-refractivity contribution in [2.24, 2.45) is 0 Å². The number of hydrogen-bond donors (Lipinski definition) is 1. The number of aromatic amines is 1. The van der Waals surface area contributed by atoms with Gasteiger partial charge in [-0.15, -0.1) is 0 Å². The zero-order valence-corrected chi connectivity index (χ0v) is 13.1. The molecule has 0 radical (unpaired) electrons. The fourth-order valence-electron chi connectivity index (χ4n) is 2.32. The maximum Gasteiger partial charge on any atom is 0.338 e. The van der Waals surface area contributed by atoms with Crippen LogP contribution in [0.25, 0.3) is 10.9 Å². The van der Waals surface area contributed by atoms with Crippen molar-refractivity contribution in [1.82, 2.24) is 9.97 Å². The molecule has 0 saturated carbocycles. The van der Waals surface area contributed by atoms with E-state index < -0.39 is 5.97 Å². The van der Waals surface area contributed by atoms with E-state index in [2.05, 4.69) is 9.97 Å². The summed E-state index contributed by atoms with van der Waals surface area (Å²) < 4.78 is 10.2. The minimum Gasteiger partial charge on any atom is -0.454 e. The van der Waals surface area contributed by atoms with Crippen LogP contribution in [0.5, 0.6) is 0 Å². The van der Waals surface area contributed by atoms with Gasteiger partial charge in [-0.05, 0) is 29.8 Å². The zero-order chi connectivity index (χ0) is 16.9. The third kappa shape index (κ3) is 3.49. The predicted octanol–water partition coefficient (Wildman–Crippen LogP) is 2.43. The summed E-state index contributed by atoms with van der Waals surface area (Å²) in [6, 6.07) is 14.0. The molecule has 0 spiro atoms. The summed E-state index contributed by atoms with van der Waals surface area (Å²) in [5.74, 6) is -0.169. The molecule has 1 aromatic heterocycles. The molecule has 24 heavy (non-hydrogen) atoms. The minimum absolute atomic E-state index is 0.0985. The summed E-state index contributed by atoms with van der Waals surface area (Å²) in [6.07, 6.45) is 0. The number of fused-ring (bicyclic) bond motifs is 1. The minimum atomic E-state index is -0.477. The van der Waals surface area contributed by atoms with Gasteiger partial charge in [0.25, 0.3) is 5.56 Å². The summed E-state index contributed by atoms with van der Waals surface area (Å²) in [5.41, 5.74) is 1.71. The van der Waals surface area contributed by atoms with Gasteiger partial charge >= 0.3 is 5.97 Å². The maximum atomic E-state index is 12.1. The van der Waals surface area contributed by atoms with Crippen molar-refractivity contribution in [3.63, 3.8) is 0 Å². The Hall–Kier alpha value is -2.99. The van der Waals surface area contributed by atoms with Gasteiger partial charge in [0.15, 0.2) is 0 Å². The van der Waals surface area contributed by atoms with Crippen LogP contribution in [0.4, 0.5) is 0 Å². The first kappa shape index (κ1) is 15.9. The Labute approximate surface area is 138 Å². The highest BCUT2D eigenvalue weighted by molar-refractivity contribution is 5.89. The van der Waals surface area contributed by atoms with Crippen molar-refractivity contribution in [2.75, 3.05) is 7.11 Å². The maximum absolute atomic E-state index is 12.1. The van der Waals surface area contributed by atoms with Crippen LogP contribution in [0.3, 0.4) is 0 Å². The van der Waals surface area contributed by atoms with Crippen molar-refractivity contribution in [1.29, 1.82) is 0 Å². The molecule has 0 aliphatic carbocycles. The van der Waals surface area contributed by atoms with Crippen LogP contribution in [-0.4, -0.2) is 23.0 Å². The summed E-state index contributed by atoms with van der Waals surface area (Å²) >= 11 is 0. The SMILES string of the molecule is COCc1ccc(C(=O)OCc2nc3ccccc3c(=O)[nH]2)cc1. The molecule has 3 aromatic rings. The quantitative estimate of drug-likeness (QED) is 0.729. The van der Waals surface area contributed by atoms with Crippen LogP contribution >= 0.6 is 0 Å². The molecule has 2 aromatic carbocycles. The van der Waals surface area contributed by atoms with Crippen molar-refractivity contribution in [3.05, 3.63) is 75.8 Å². The lowest BCUT2D eigenvalue weighted by molar-refractivity contribution is 0.0462. The van der Waals surface area contributed by atoms with Gasteiger partial charge < -0.3 is 14.5 Å². The highest BCUT2D eigenvalue weighted by Crippen LogP contribution is 2.09. The number of carbonyl (C=O) groups is 1. The van der Waals surface area contributed by atoms with Crippen molar-refractivity contribution in [2.45, 2.75) is 13.2 Å². The van der Waals surface area contributed by atoms with Crippen LogP contribution in [0.15, 0.2) is 53.3 Å². The summed E-state index contributed by atoms with van der Waals surface area (Å²) in [6.45, 7) is 0.385. The molecular weight excluding hydrogens is 308 g/mol. The smallest absolute Gasteiger partial charge is 0.338 e. The van der Waals surface area contributed by atoms with Gasteiger partial charge in [0, 0.05) is 7.11 Å². The van der Waals surface area contributed by atoms with Gasteiger partial charge in [-0.2, -0.15) is 0 Å². The number of benzene rings is 2. The lowest BCUT2D eigenvalue weighted by atomic mass is 10.1. The number of ether oxygens (including phenoxy) is 2. The second-order valence-electron chi connectivity index (χ2n) is 5.24. The Bertz CT molecular complexity index is 916. The van der Waals surface area contributed by atoms with Gasteiger partial charge in [-0.3, -0.25) is 4.79 Å².